The Morgan fingerprint density at radius 2 is 1.84 bits per heavy atom. The summed E-state index contributed by atoms with van der Waals surface area (Å²) >= 11 is 0. The van der Waals surface area contributed by atoms with Crippen LogP contribution in [0.15, 0.2) is 30.3 Å². The second-order valence-corrected chi connectivity index (χ2v) is 5.68. The highest BCUT2D eigenvalue weighted by molar-refractivity contribution is 5.85. The molecule has 0 unspecified atom stereocenters. The first-order valence-electron chi connectivity index (χ1n) is 7.48. The lowest BCUT2D eigenvalue weighted by molar-refractivity contribution is -0.188. The first-order valence-corrected chi connectivity index (χ1v) is 7.48. The van der Waals surface area contributed by atoms with Gasteiger partial charge in [-0.1, -0.05) is 30.3 Å². The van der Waals surface area contributed by atoms with E-state index in [1.165, 1.54) is 0 Å². The Morgan fingerprint density at radius 3 is 2.36 bits per heavy atom. The SMILES string of the molecule is Cl.O=C(O)[C@@H]1CN(C(=O)COCCc2ccccc2)C[C@H]1C(F)(F)F. The molecule has 1 amide bonds. The molecule has 0 radical (unpaired) electrons. The lowest BCUT2D eigenvalue weighted by atomic mass is 9.96. The quantitative estimate of drug-likeness (QED) is 0.768. The van der Waals surface area contributed by atoms with E-state index >= 15 is 0 Å². The number of carboxylic acid groups (broad SMARTS) is 1. The summed E-state index contributed by atoms with van der Waals surface area (Å²) in [6.45, 7) is -1.18. The van der Waals surface area contributed by atoms with Crippen molar-refractivity contribution in [2.75, 3.05) is 26.3 Å². The minimum Gasteiger partial charge on any atom is -0.481 e. The molecule has 0 spiro atoms. The van der Waals surface area contributed by atoms with Crippen LogP contribution in [0.4, 0.5) is 13.2 Å². The molecule has 0 saturated carbocycles. The molecule has 140 valence electrons. The highest BCUT2D eigenvalue weighted by atomic mass is 35.5. The van der Waals surface area contributed by atoms with Gasteiger partial charge >= 0.3 is 12.1 Å². The van der Waals surface area contributed by atoms with E-state index in [0.717, 1.165) is 10.5 Å². The zero-order chi connectivity index (χ0) is 17.7. The maximum Gasteiger partial charge on any atom is 0.394 e. The Morgan fingerprint density at radius 1 is 1.20 bits per heavy atom. The minimum atomic E-state index is -4.65. The van der Waals surface area contributed by atoms with Crippen LogP contribution < -0.4 is 0 Å². The minimum absolute atomic E-state index is 0. The van der Waals surface area contributed by atoms with Gasteiger partial charge in [0.2, 0.25) is 5.91 Å². The van der Waals surface area contributed by atoms with E-state index < -0.39 is 43.0 Å². The highest BCUT2D eigenvalue weighted by Gasteiger charge is 2.53. The standard InChI is InChI=1S/C16H18F3NO4.ClH/c17-16(18,19)13-9-20(8-12(13)15(22)23)14(21)10-24-7-6-11-4-2-1-3-5-11;/h1-5,12-13H,6-10H2,(H,22,23);1H/t12-,13-;/m1./s1. The van der Waals surface area contributed by atoms with Gasteiger partial charge in [0.1, 0.15) is 6.61 Å². The fraction of sp³-hybridized carbons (Fsp3) is 0.500. The zero-order valence-corrected chi connectivity index (χ0v) is 14.1. The molecule has 1 aromatic rings. The predicted molar refractivity (Wildman–Crippen MR) is 85.5 cm³/mol. The number of nitrogens with zero attached hydrogens (tertiary/aromatic N) is 1. The van der Waals surface area contributed by atoms with Gasteiger partial charge in [-0.3, -0.25) is 9.59 Å². The average molecular weight is 382 g/mol. The van der Waals surface area contributed by atoms with E-state index in [4.69, 9.17) is 9.84 Å². The fourth-order valence-electron chi connectivity index (χ4n) is 2.67. The lowest BCUT2D eigenvalue weighted by Gasteiger charge is -2.18. The van der Waals surface area contributed by atoms with Crippen LogP contribution in [0, 0.1) is 11.8 Å². The van der Waals surface area contributed by atoms with Crippen LogP contribution in [-0.2, 0) is 20.7 Å². The number of halogens is 4. The van der Waals surface area contributed by atoms with Crippen molar-refractivity contribution < 1.29 is 32.6 Å². The Bertz CT molecular complexity index is 582. The van der Waals surface area contributed by atoms with Crippen molar-refractivity contribution in [3.63, 3.8) is 0 Å². The molecule has 0 aromatic heterocycles. The largest absolute Gasteiger partial charge is 0.481 e. The van der Waals surface area contributed by atoms with E-state index in [1.54, 1.807) is 0 Å². The third kappa shape index (κ3) is 5.89. The van der Waals surface area contributed by atoms with Crippen molar-refractivity contribution in [3.8, 4) is 0 Å². The second-order valence-electron chi connectivity index (χ2n) is 5.68. The van der Waals surface area contributed by atoms with Gasteiger partial charge in [-0.05, 0) is 12.0 Å². The summed E-state index contributed by atoms with van der Waals surface area (Å²) in [6, 6.07) is 9.41. The van der Waals surface area contributed by atoms with Crippen LogP contribution in [0.3, 0.4) is 0 Å². The number of aliphatic carboxylic acids is 1. The first-order chi connectivity index (χ1) is 11.3. The lowest BCUT2D eigenvalue weighted by Crippen LogP contribution is -2.34. The van der Waals surface area contributed by atoms with Gasteiger partial charge in [0, 0.05) is 13.1 Å². The normalized spacial score (nSPS) is 20.2. The van der Waals surface area contributed by atoms with Crippen molar-refractivity contribution in [3.05, 3.63) is 35.9 Å². The summed E-state index contributed by atoms with van der Waals surface area (Å²) in [4.78, 5) is 23.8. The fourth-order valence-corrected chi connectivity index (χ4v) is 2.67. The number of rotatable bonds is 6. The third-order valence-electron chi connectivity index (χ3n) is 4.01. The number of alkyl halides is 3. The van der Waals surface area contributed by atoms with Crippen molar-refractivity contribution in [1.82, 2.24) is 4.90 Å². The number of carbonyl (C=O) groups excluding carboxylic acids is 1. The third-order valence-corrected chi connectivity index (χ3v) is 4.01. The van der Waals surface area contributed by atoms with Crippen LogP contribution in [0.5, 0.6) is 0 Å². The van der Waals surface area contributed by atoms with Crippen molar-refractivity contribution in [1.29, 1.82) is 0 Å². The number of benzene rings is 1. The molecular formula is C16H19ClF3NO4. The molecule has 2 rings (SSSR count). The molecule has 25 heavy (non-hydrogen) atoms. The summed E-state index contributed by atoms with van der Waals surface area (Å²) < 4.78 is 43.8. The smallest absolute Gasteiger partial charge is 0.394 e. The molecule has 0 aliphatic carbocycles. The number of ether oxygens (including phenoxy) is 1. The van der Waals surface area contributed by atoms with Gasteiger partial charge in [0.15, 0.2) is 0 Å². The number of amides is 1. The molecule has 1 aliphatic heterocycles. The molecule has 5 nitrogen and oxygen atoms in total. The van der Waals surface area contributed by atoms with Gasteiger partial charge in [0.25, 0.3) is 0 Å². The molecule has 1 fully saturated rings. The van der Waals surface area contributed by atoms with E-state index in [-0.39, 0.29) is 25.6 Å². The summed E-state index contributed by atoms with van der Waals surface area (Å²) in [5.74, 6) is -5.83. The van der Waals surface area contributed by atoms with Crippen LogP contribution >= 0.6 is 12.4 Å². The van der Waals surface area contributed by atoms with E-state index in [2.05, 4.69) is 0 Å². The summed E-state index contributed by atoms with van der Waals surface area (Å²) in [5.41, 5.74) is 1.02. The Balaban J connectivity index is 0.00000312. The molecule has 1 heterocycles. The van der Waals surface area contributed by atoms with E-state index in [1.807, 2.05) is 30.3 Å². The molecule has 9 heteroatoms. The first kappa shape index (κ1) is 21.2. The Labute approximate surface area is 149 Å². The molecule has 1 N–H and O–H groups in total. The van der Waals surface area contributed by atoms with Gasteiger partial charge in [-0.2, -0.15) is 13.2 Å². The van der Waals surface area contributed by atoms with Gasteiger partial charge < -0.3 is 14.7 Å². The molecule has 1 saturated heterocycles. The van der Waals surface area contributed by atoms with Gasteiger partial charge in [0.05, 0.1) is 18.4 Å². The van der Waals surface area contributed by atoms with Crippen LogP contribution in [-0.4, -0.2) is 54.4 Å². The van der Waals surface area contributed by atoms with Crippen molar-refractivity contribution in [2.45, 2.75) is 12.6 Å². The number of likely N-dealkylation sites (tertiary alicyclic amines) is 1. The number of carbonyl (C=O) groups is 2. The molecule has 2 atom stereocenters. The number of carboxylic acids is 1. The zero-order valence-electron chi connectivity index (χ0n) is 13.2. The Kier molecular flexibility index (Phi) is 7.69. The summed E-state index contributed by atoms with van der Waals surface area (Å²) in [7, 11) is 0. The van der Waals surface area contributed by atoms with Gasteiger partial charge in [-0.25, -0.2) is 0 Å². The molecule has 1 aliphatic rings. The highest BCUT2D eigenvalue weighted by Crippen LogP contribution is 2.37. The monoisotopic (exact) mass is 381 g/mol. The number of hydrogen-bond acceptors (Lipinski definition) is 3. The summed E-state index contributed by atoms with van der Waals surface area (Å²) in [5, 5.41) is 8.92. The second kappa shape index (κ2) is 9.05. The molecular weight excluding hydrogens is 363 g/mol. The van der Waals surface area contributed by atoms with Crippen molar-refractivity contribution >= 4 is 24.3 Å². The van der Waals surface area contributed by atoms with Crippen LogP contribution in [0.2, 0.25) is 0 Å². The maximum absolute atomic E-state index is 12.9. The Hall–Kier alpha value is -1.80. The van der Waals surface area contributed by atoms with Crippen LogP contribution in [0.1, 0.15) is 5.56 Å². The van der Waals surface area contributed by atoms with Crippen molar-refractivity contribution in [2.24, 2.45) is 11.8 Å². The average Bonchev–Trinajstić information content (AvgIpc) is 2.98. The summed E-state index contributed by atoms with van der Waals surface area (Å²) in [6.07, 6.45) is -4.07. The number of hydrogen-bond donors (Lipinski definition) is 1. The molecule has 1 aromatic carbocycles. The van der Waals surface area contributed by atoms with E-state index in [9.17, 15) is 22.8 Å². The molecule has 0 bridgehead atoms. The van der Waals surface area contributed by atoms with Gasteiger partial charge in [-0.15, -0.1) is 12.4 Å². The predicted octanol–water partition coefficient (Wildman–Crippen LogP) is 2.39. The van der Waals surface area contributed by atoms with E-state index in [0.29, 0.717) is 6.42 Å². The maximum atomic E-state index is 12.9. The topological polar surface area (TPSA) is 66.8 Å². The van der Waals surface area contributed by atoms with Crippen LogP contribution in [0.25, 0.3) is 0 Å².